The molecule has 7 nitrogen and oxygen atoms in total. The maximum atomic E-state index is 12.7. The Kier molecular flexibility index (Phi) is 4.91. The predicted molar refractivity (Wildman–Crippen MR) is 104 cm³/mol. The first kappa shape index (κ1) is 18.6. The number of hydrogen-bond donors (Lipinski definition) is 2. The smallest absolute Gasteiger partial charge is 0.264 e. The van der Waals surface area contributed by atoms with Crippen LogP contribution in [-0.4, -0.2) is 43.5 Å². The fourth-order valence-electron chi connectivity index (χ4n) is 3.66. The number of nitrogens with one attached hydrogen (secondary N) is 2. The zero-order valence-corrected chi connectivity index (χ0v) is 16.0. The standard InChI is InChI=1S/C20H21N3O4S/c24-19(15-6-7-16-11-21-20(25)18(16)10-15)22-28(26,27)17-8-9-23(13-17)12-14-4-2-1-3-5-14/h1-7,10,17H,8-9,11-13H2,(H,21,25)(H,22,24). The van der Waals surface area contributed by atoms with Gasteiger partial charge in [0.1, 0.15) is 0 Å². The van der Waals surface area contributed by atoms with Crippen LogP contribution in [0.5, 0.6) is 0 Å². The minimum atomic E-state index is -3.80. The summed E-state index contributed by atoms with van der Waals surface area (Å²) in [5.74, 6) is -0.955. The fourth-order valence-corrected chi connectivity index (χ4v) is 5.03. The number of hydrogen-bond acceptors (Lipinski definition) is 5. The molecular weight excluding hydrogens is 378 g/mol. The molecule has 2 aromatic rings. The molecule has 2 amide bonds. The van der Waals surface area contributed by atoms with Gasteiger partial charge in [0, 0.05) is 30.8 Å². The topological polar surface area (TPSA) is 95.6 Å². The second-order valence-corrected chi connectivity index (χ2v) is 9.12. The van der Waals surface area contributed by atoms with Gasteiger partial charge in [-0.2, -0.15) is 0 Å². The lowest BCUT2D eigenvalue weighted by Crippen LogP contribution is -2.39. The minimum Gasteiger partial charge on any atom is -0.348 e. The van der Waals surface area contributed by atoms with Crippen molar-refractivity contribution < 1.29 is 18.0 Å². The fraction of sp³-hybridized carbons (Fsp3) is 0.300. The number of rotatable bonds is 5. The highest BCUT2D eigenvalue weighted by molar-refractivity contribution is 7.90. The van der Waals surface area contributed by atoms with E-state index in [2.05, 4.69) is 14.9 Å². The lowest BCUT2D eigenvalue weighted by Gasteiger charge is -2.16. The summed E-state index contributed by atoms with van der Waals surface area (Å²) >= 11 is 0. The lowest BCUT2D eigenvalue weighted by molar-refractivity contribution is 0.0965. The summed E-state index contributed by atoms with van der Waals surface area (Å²) in [6, 6.07) is 14.5. The Hall–Kier alpha value is -2.71. The number of sulfonamides is 1. The van der Waals surface area contributed by atoms with E-state index in [-0.39, 0.29) is 11.5 Å². The van der Waals surface area contributed by atoms with Crippen molar-refractivity contribution in [2.24, 2.45) is 0 Å². The summed E-state index contributed by atoms with van der Waals surface area (Å²) < 4.78 is 27.5. The maximum Gasteiger partial charge on any atom is 0.264 e. The van der Waals surface area contributed by atoms with Crippen LogP contribution in [0, 0.1) is 0 Å². The van der Waals surface area contributed by atoms with E-state index in [0.29, 0.717) is 38.2 Å². The summed E-state index contributed by atoms with van der Waals surface area (Å²) in [7, 11) is -3.80. The number of nitrogens with zero attached hydrogens (tertiary/aromatic N) is 1. The third-order valence-corrected chi connectivity index (χ3v) is 6.94. The monoisotopic (exact) mass is 399 g/mol. The van der Waals surface area contributed by atoms with Gasteiger partial charge < -0.3 is 5.32 Å². The molecule has 1 saturated heterocycles. The van der Waals surface area contributed by atoms with Crippen LogP contribution >= 0.6 is 0 Å². The summed E-state index contributed by atoms with van der Waals surface area (Å²) in [5, 5.41) is 2.03. The molecule has 0 radical (unpaired) electrons. The quantitative estimate of drug-likeness (QED) is 0.789. The van der Waals surface area contributed by atoms with E-state index >= 15 is 0 Å². The predicted octanol–water partition coefficient (Wildman–Crippen LogP) is 1.26. The molecule has 0 bridgehead atoms. The maximum absolute atomic E-state index is 12.7. The van der Waals surface area contributed by atoms with Crippen molar-refractivity contribution >= 4 is 21.8 Å². The highest BCUT2D eigenvalue weighted by Gasteiger charge is 2.34. The third kappa shape index (κ3) is 3.79. The second-order valence-electron chi connectivity index (χ2n) is 7.16. The van der Waals surface area contributed by atoms with E-state index in [1.807, 2.05) is 30.3 Å². The highest BCUT2D eigenvalue weighted by Crippen LogP contribution is 2.20. The number of likely N-dealkylation sites (tertiary alicyclic amines) is 1. The summed E-state index contributed by atoms with van der Waals surface area (Å²) in [4.78, 5) is 26.3. The normalized spacial score (nSPS) is 19.3. The number of amides is 2. The SMILES string of the molecule is O=C(NS(=O)(=O)C1CCN(Cc2ccccc2)C1)c1ccc2c(c1)C(=O)NC2. The Labute approximate surface area is 163 Å². The van der Waals surface area contributed by atoms with Gasteiger partial charge in [0.15, 0.2) is 0 Å². The molecule has 0 aromatic heterocycles. The highest BCUT2D eigenvalue weighted by atomic mass is 32.2. The molecule has 8 heteroatoms. The van der Waals surface area contributed by atoms with E-state index in [4.69, 9.17) is 0 Å². The number of fused-ring (bicyclic) bond motifs is 1. The second kappa shape index (κ2) is 7.37. The van der Waals surface area contributed by atoms with E-state index in [9.17, 15) is 18.0 Å². The minimum absolute atomic E-state index is 0.165. The van der Waals surface area contributed by atoms with Crippen molar-refractivity contribution in [2.45, 2.75) is 24.8 Å². The molecule has 2 heterocycles. The van der Waals surface area contributed by atoms with Gasteiger partial charge in [0.25, 0.3) is 11.8 Å². The van der Waals surface area contributed by atoms with Crippen molar-refractivity contribution in [2.75, 3.05) is 13.1 Å². The molecular formula is C20H21N3O4S. The van der Waals surface area contributed by atoms with Crippen LogP contribution in [0.3, 0.4) is 0 Å². The Morgan fingerprint density at radius 1 is 1.18 bits per heavy atom. The average molecular weight is 399 g/mol. The molecule has 0 saturated carbocycles. The van der Waals surface area contributed by atoms with Crippen LogP contribution in [-0.2, 0) is 23.1 Å². The average Bonchev–Trinajstić information content (AvgIpc) is 3.30. The number of carbonyl (C=O) groups is 2. The molecule has 28 heavy (non-hydrogen) atoms. The van der Waals surface area contributed by atoms with Gasteiger partial charge in [0.2, 0.25) is 10.0 Å². The zero-order chi connectivity index (χ0) is 19.7. The van der Waals surface area contributed by atoms with E-state index in [1.54, 1.807) is 12.1 Å². The molecule has 2 N–H and O–H groups in total. The van der Waals surface area contributed by atoms with Crippen LogP contribution in [0.1, 0.15) is 38.3 Å². The van der Waals surface area contributed by atoms with Crippen molar-refractivity contribution in [3.63, 3.8) is 0 Å². The lowest BCUT2D eigenvalue weighted by atomic mass is 10.1. The van der Waals surface area contributed by atoms with Gasteiger partial charge in [-0.1, -0.05) is 36.4 Å². The first-order chi connectivity index (χ1) is 13.4. The van der Waals surface area contributed by atoms with Crippen LogP contribution in [0.4, 0.5) is 0 Å². The van der Waals surface area contributed by atoms with Crippen molar-refractivity contribution in [1.29, 1.82) is 0 Å². The molecule has 1 unspecified atom stereocenters. The number of benzene rings is 2. The first-order valence-corrected chi connectivity index (χ1v) is 10.7. The Morgan fingerprint density at radius 2 is 1.96 bits per heavy atom. The van der Waals surface area contributed by atoms with Gasteiger partial charge in [-0.05, 0) is 36.2 Å². The van der Waals surface area contributed by atoms with Crippen molar-refractivity contribution in [3.8, 4) is 0 Å². The molecule has 0 spiro atoms. The molecule has 2 aliphatic rings. The van der Waals surface area contributed by atoms with Gasteiger partial charge in [-0.3, -0.25) is 14.5 Å². The van der Waals surface area contributed by atoms with Crippen LogP contribution in [0.15, 0.2) is 48.5 Å². The number of carbonyl (C=O) groups excluding carboxylic acids is 2. The Balaban J connectivity index is 1.41. The summed E-state index contributed by atoms with van der Waals surface area (Å²) in [5.41, 5.74) is 2.51. The van der Waals surface area contributed by atoms with Crippen LogP contribution < -0.4 is 10.0 Å². The third-order valence-electron chi connectivity index (χ3n) is 5.21. The molecule has 0 aliphatic carbocycles. The van der Waals surface area contributed by atoms with E-state index in [0.717, 1.165) is 11.1 Å². The molecule has 146 valence electrons. The van der Waals surface area contributed by atoms with Gasteiger partial charge in [-0.25, -0.2) is 13.1 Å². The summed E-state index contributed by atoms with van der Waals surface area (Å²) in [6.45, 7) is 2.15. The molecule has 2 aliphatic heterocycles. The van der Waals surface area contributed by atoms with Crippen molar-refractivity contribution in [3.05, 3.63) is 70.8 Å². The van der Waals surface area contributed by atoms with E-state index < -0.39 is 21.2 Å². The van der Waals surface area contributed by atoms with Gasteiger partial charge in [-0.15, -0.1) is 0 Å². The zero-order valence-electron chi connectivity index (χ0n) is 15.2. The van der Waals surface area contributed by atoms with Gasteiger partial charge in [0.05, 0.1) is 5.25 Å². The van der Waals surface area contributed by atoms with Gasteiger partial charge >= 0.3 is 0 Å². The molecule has 2 aromatic carbocycles. The Morgan fingerprint density at radius 3 is 2.75 bits per heavy atom. The largest absolute Gasteiger partial charge is 0.348 e. The summed E-state index contributed by atoms with van der Waals surface area (Å²) in [6.07, 6.45) is 0.474. The van der Waals surface area contributed by atoms with Crippen molar-refractivity contribution in [1.82, 2.24) is 14.9 Å². The van der Waals surface area contributed by atoms with Crippen LogP contribution in [0.25, 0.3) is 0 Å². The van der Waals surface area contributed by atoms with Crippen LogP contribution in [0.2, 0.25) is 0 Å². The van der Waals surface area contributed by atoms with E-state index in [1.165, 1.54) is 6.07 Å². The molecule has 1 fully saturated rings. The first-order valence-electron chi connectivity index (χ1n) is 9.16. The molecule has 4 rings (SSSR count). The molecule has 1 atom stereocenters. The Bertz CT molecular complexity index is 1020.